The molecule has 26 heavy (non-hydrogen) atoms. The van der Waals surface area contributed by atoms with E-state index in [9.17, 15) is 9.90 Å². The monoisotopic (exact) mass is 474 g/mol. The van der Waals surface area contributed by atoms with Crippen LogP contribution in [-0.2, 0) is 11.2 Å². The predicted octanol–water partition coefficient (Wildman–Crippen LogP) is 1.77. The van der Waals surface area contributed by atoms with E-state index in [1.54, 1.807) is 0 Å². The van der Waals surface area contributed by atoms with Crippen LogP contribution in [0.4, 0.5) is 0 Å². The maximum atomic E-state index is 11.8. The molecule has 1 fully saturated rings. The Bertz CT molecular complexity index is 568. The summed E-state index contributed by atoms with van der Waals surface area (Å²) >= 11 is 0. The molecule has 0 saturated carbocycles. The number of carbonyl (C=O) groups is 1. The molecule has 1 amide bonds. The van der Waals surface area contributed by atoms with E-state index in [0.29, 0.717) is 31.9 Å². The van der Waals surface area contributed by atoms with E-state index in [1.165, 1.54) is 0 Å². The van der Waals surface area contributed by atoms with E-state index in [1.807, 2.05) is 49.1 Å². The van der Waals surface area contributed by atoms with Gasteiger partial charge in [-0.15, -0.1) is 24.0 Å². The molecule has 0 aliphatic carbocycles. The fraction of sp³-hybridized carbons (Fsp3) is 0.579. The van der Waals surface area contributed by atoms with E-state index in [-0.39, 0.29) is 35.9 Å². The lowest BCUT2D eigenvalue weighted by atomic mass is 10.1. The number of nitrogens with zero attached hydrogens (tertiary/aromatic N) is 2. The van der Waals surface area contributed by atoms with Gasteiger partial charge in [0, 0.05) is 38.5 Å². The first-order chi connectivity index (χ1) is 12.1. The Balaban J connectivity index is 0.00000338. The fourth-order valence-electron chi connectivity index (χ4n) is 2.99. The molecule has 1 saturated heterocycles. The zero-order valence-corrected chi connectivity index (χ0v) is 18.0. The maximum absolute atomic E-state index is 11.8. The highest BCUT2D eigenvalue weighted by Gasteiger charge is 2.25. The lowest BCUT2D eigenvalue weighted by Crippen LogP contribution is -2.45. The van der Waals surface area contributed by atoms with Gasteiger partial charge in [-0.25, -0.2) is 0 Å². The van der Waals surface area contributed by atoms with E-state index in [4.69, 9.17) is 0 Å². The molecule has 1 aliphatic rings. The number of aliphatic imine (C=N–C) groups is 1. The van der Waals surface area contributed by atoms with Crippen molar-refractivity contribution in [2.75, 3.05) is 26.2 Å². The van der Waals surface area contributed by atoms with Crippen LogP contribution in [0.2, 0.25) is 0 Å². The van der Waals surface area contributed by atoms with Gasteiger partial charge >= 0.3 is 0 Å². The van der Waals surface area contributed by atoms with Gasteiger partial charge < -0.3 is 20.6 Å². The number of guanidine groups is 1. The number of nitrogens with one attached hydrogen (secondary N) is 2. The van der Waals surface area contributed by atoms with E-state index < -0.39 is 6.10 Å². The van der Waals surface area contributed by atoms with E-state index in [0.717, 1.165) is 25.1 Å². The molecular weight excluding hydrogens is 443 g/mol. The Morgan fingerprint density at radius 3 is 2.73 bits per heavy atom. The van der Waals surface area contributed by atoms with Crippen LogP contribution in [0.15, 0.2) is 35.3 Å². The van der Waals surface area contributed by atoms with Crippen molar-refractivity contribution in [3.8, 4) is 0 Å². The number of rotatable bonds is 7. The molecule has 2 rings (SSSR count). The van der Waals surface area contributed by atoms with E-state index >= 15 is 0 Å². The second-order valence-corrected chi connectivity index (χ2v) is 6.39. The number of halogens is 1. The highest BCUT2D eigenvalue weighted by molar-refractivity contribution is 14.0. The van der Waals surface area contributed by atoms with Gasteiger partial charge in [-0.3, -0.25) is 9.79 Å². The molecule has 0 aromatic heterocycles. The van der Waals surface area contributed by atoms with Crippen LogP contribution in [-0.4, -0.2) is 60.2 Å². The van der Waals surface area contributed by atoms with Gasteiger partial charge in [0.05, 0.1) is 12.6 Å². The lowest BCUT2D eigenvalue weighted by molar-refractivity contribution is -0.129. The van der Waals surface area contributed by atoms with Gasteiger partial charge in [-0.1, -0.05) is 37.3 Å². The van der Waals surface area contributed by atoms with Crippen molar-refractivity contribution in [1.29, 1.82) is 0 Å². The third-order valence-corrected chi connectivity index (χ3v) is 4.30. The summed E-state index contributed by atoms with van der Waals surface area (Å²) in [4.78, 5) is 18.2. The molecule has 0 spiro atoms. The molecule has 6 nitrogen and oxygen atoms in total. The van der Waals surface area contributed by atoms with Crippen LogP contribution in [0.3, 0.4) is 0 Å². The van der Waals surface area contributed by atoms with Crippen LogP contribution in [0, 0.1) is 0 Å². The zero-order chi connectivity index (χ0) is 18.1. The topological polar surface area (TPSA) is 77.0 Å². The molecular formula is C19H31IN4O2. The van der Waals surface area contributed by atoms with Crippen LogP contribution in [0.1, 0.15) is 32.3 Å². The first-order valence-electron chi connectivity index (χ1n) is 9.17. The molecule has 1 aromatic rings. The summed E-state index contributed by atoms with van der Waals surface area (Å²) in [6.45, 7) is 6.51. The summed E-state index contributed by atoms with van der Waals surface area (Å²) in [7, 11) is 0. The largest absolute Gasteiger partial charge is 0.391 e. The van der Waals surface area contributed by atoms with Crippen molar-refractivity contribution in [2.24, 2.45) is 4.99 Å². The fourth-order valence-corrected chi connectivity index (χ4v) is 2.99. The zero-order valence-electron chi connectivity index (χ0n) is 15.6. The molecule has 1 heterocycles. The Morgan fingerprint density at radius 1 is 1.35 bits per heavy atom. The van der Waals surface area contributed by atoms with E-state index in [2.05, 4.69) is 15.6 Å². The maximum Gasteiger partial charge on any atom is 0.222 e. The number of aliphatic hydroxyl groups excluding tert-OH is 1. The van der Waals surface area contributed by atoms with Crippen molar-refractivity contribution < 1.29 is 9.90 Å². The third-order valence-electron chi connectivity index (χ3n) is 4.30. The number of carbonyl (C=O) groups excluding carboxylic acids is 1. The molecule has 2 unspecified atom stereocenters. The van der Waals surface area contributed by atoms with Gasteiger partial charge in [0.1, 0.15) is 0 Å². The van der Waals surface area contributed by atoms with Crippen molar-refractivity contribution in [2.45, 2.75) is 45.3 Å². The van der Waals surface area contributed by atoms with Crippen molar-refractivity contribution >= 4 is 35.8 Å². The molecule has 1 aromatic carbocycles. The number of likely N-dealkylation sites (tertiary alicyclic amines) is 1. The summed E-state index contributed by atoms with van der Waals surface area (Å²) in [5, 5.41) is 16.8. The third kappa shape index (κ3) is 7.49. The number of aliphatic hydroxyl groups is 1. The highest BCUT2D eigenvalue weighted by Crippen LogP contribution is 2.10. The van der Waals surface area contributed by atoms with Crippen molar-refractivity contribution in [3.63, 3.8) is 0 Å². The number of hydrogen-bond donors (Lipinski definition) is 3. The van der Waals surface area contributed by atoms with Crippen LogP contribution in [0.5, 0.6) is 0 Å². The Labute approximate surface area is 173 Å². The molecule has 146 valence electrons. The smallest absolute Gasteiger partial charge is 0.222 e. The minimum atomic E-state index is -0.514. The molecule has 0 bridgehead atoms. The second-order valence-electron chi connectivity index (χ2n) is 6.39. The van der Waals surface area contributed by atoms with Gasteiger partial charge in [-0.05, 0) is 18.9 Å². The molecule has 0 radical (unpaired) electrons. The summed E-state index contributed by atoms with van der Waals surface area (Å²) in [6, 6.07) is 10.1. The van der Waals surface area contributed by atoms with Crippen LogP contribution in [0.25, 0.3) is 0 Å². The van der Waals surface area contributed by atoms with Crippen molar-refractivity contribution in [1.82, 2.24) is 15.5 Å². The van der Waals surface area contributed by atoms with Gasteiger partial charge in [0.15, 0.2) is 5.96 Å². The predicted molar refractivity (Wildman–Crippen MR) is 116 cm³/mol. The van der Waals surface area contributed by atoms with Gasteiger partial charge in [-0.2, -0.15) is 0 Å². The summed E-state index contributed by atoms with van der Waals surface area (Å²) < 4.78 is 0. The number of amides is 1. The lowest BCUT2D eigenvalue weighted by Gasteiger charge is -2.19. The Kier molecular flexibility index (Phi) is 10.6. The first-order valence-corrected chi connectivity index (χ1v) is 9.17. The Morgan fingerprint density at radius 2 is 2.08 bits per heavy atom. The average Bonchev–Trinajstić information content (AvgIpc) is 3.08. The number of benzene rings is 1. The second kappa shape index (κ2) is 12.1. The molecule has 3 N–H and O–H groups in total. The van der Waals surface area contributed by atoms with Gasteiger partial charge in [0.2, 0.25) is 5.91 Å². The van der Waals surface area contributed by atoms with Gasteiger partial charge in [0.25, 0.3) is 0 Å². The molecule has 7 heteroatoms. The Hall–Kier alpha value is -1.35. The normalized spacial score (nSPS) is 18.2. The summed E-state index contributed by atoms with van der Waals surface area (Å²) in [6.07, 6.45) is 1.54. The standard InChI is InChI=1S/C19H30N4O2.HI/c1-3-18(25)23-11-10-16(14-23)22-19(20-4-2)21-13-17(24)12-15-8-6-5-7-9-15;/h5-9,16-17,24H,3-4,10-14H2,1-2H3,(H2,20,21,22);1H. The number of hydrogen-bond acceptors (Lipinski definition) is 3. The molecule has 1 aliphatic heterocycles. The average molecular weight is 474 g/mol. The van der Waals surface area contributed by atoms with Crippen LogP contribution >= 0.6 is 24.0 Å². The minimum Gasteiger partial charge on any atom is -0.391 e. The van der Waals surface area contributed by atoms with Crippen LogP contribution < -0.4 is 10.6 Å². The highest BCUT2D eigenvalue weighted by atomic mass is 127. The summed E-state index contributed by atoms with van der Waals surface area (Å²) in [5.41, 5.74) is 1.10. The SMILES string of the molecule is CCNC(=NCC(O)Cc1ccccc1)NC1CCN(C(=O)CC)C1.I. The van der Waals surface area contributed by atoms with Crippen molar-refractivity contribution in [3.05, 3.63) is 35.9 Å². The minimum absolute atomic E-state index is 0. The first kappa shape index (κ1) is 22.7. The quantitative estimate of drug-likeness (QED) is 0.320. The summed E-state index contributed by atoms with van der Waals surface area (Å²) in [5.74, 6) is 0.898. The molecule has 2 atom stereocenters.